The number of likely N-dealkylation sites (tertiary alicyclic amines) is 1. The summed E-state index contributed by atoms with van der Waals surface area (Å²) >= 11 is 0. The molecule has 5 nitrogen and oxygen atoms in total. The zero-order valence-electron chi connectivity index (χ0n) is 16.9. The van der Waals surface area contributed by atoms with Gasteiger partial charge in [-0.3, -0.25) is 9.47 Å². The summed E-state index contributed by atoms with van der Waals surface area (Å²) in [6.45, 7) is 7.16. The van der Waals surface area contributed by atoms with E-state index in [1.54, 1.807) is 12.1 Å². The lowest BCUT2D eigenvalue weighted by Gasteiger charge is -2.45. The minimum absolute atomic E-state index is 0.129. The molecule has 3 aromatic rings. The predicted octanol–water partition coefficient (Wildman–Crippen LogP) is 4.45. The first-order valence-electron chi connectivity index (χ1n) is 10.3. The van der Waals surface area contributed by atoms with E-state index in [0.717, 1.165) is 55.4 Å². The van der Waals surface area contributed by atoms with Crippen LogP contribution in [-0.2, 0) is 12.1 Å². The topological polar surface area (TPSA) is 46.0 Å². The lowest BCUT2D eigenvalue weighted by molar-refractivity contribution is 0.161. The second-order valence-corrected chi connectivity index (χ2v) is 8.48. The van der Waals surface area contributed by atoms with Crippen LogP contribution < -0.4 is 5.32 Å². The maximum Gasteiger partial charge on any atom is 0.161 e. The average molecular weight is 391 g/mol. The number of rotatable bonds is 3. The Morgan fingerprint density at radius 1 is 1.10 bits per heavy atom. The maximum atomic E-state index is 13.2. The van der Waals surface area contributed by atoms with Crippen molar-refractivity contribution in [1.29, 1.82) is 0 Å². The van der Waals surface area contributed by atoms with Gasteiger partial charge in [-0.15, -0.1) is 0 Å². The Balaban J connectivity index is 1.43. The molecule has 0 saturated carbocycles. The number of nitrogens with one attached hydrogen (secondary N) is 1. The van der Waals surface area contributed by atoms with Crippen LogP contribution in [0.15, 0.2) is 48.8 Å². The molecule has 5 rings (SSSR count). The summed E-state index contributed by atoms with van der Waals surface area (Å²) in [5, 5.41) is 3.81. The molecule has 1 saturated heterocycles. The number of anilines is 1. The van der Waals surface area contributed by atoms with E-state index in [9.17, 15) is 4.39 Å². The first-order valence-corrected chi connectivity index (χ1v) is 10.3. The number of halogens is 1. The molecule has 0 unspecified atom stereocenters. The molecule has 0 amide bonds. The molecule has 29 heavy (non-hydrogen) atoms. The van der Waals surface area contributed by atoms with Gasteiger partial charge in [0.15, 0.2) is 5.82 Å². The molecule has 0 radical (unpaired) electrons. The summed E-state index contributed by atoms with van der Waals surface area (Å²) in [6, 6.07) is 10.9. The van der Waals surface area contributed by atoms with Crippen molar-refractivity contribution in [2.75, 3.05) is 18.4 Å². The number of aromatic nitrogens is 3. The fraction of sp³-hybridized carbons (Fsp3) is 0.391. The Bertz CT molecular complexity index is 1020. The fourth-order valence-corrected chi connectivity index (χ4v) is 4.65. The van der Waals surface area contributed by atoms with Gasteiger partial charge in [-0.2, -0.15) is 0 Å². The first kappa shape index (κ1) is 18.3. The van der Waals surface area contributed by atoms with Gasteiger partial charge in [0.1, 0.15) is 11.6 Å². The van der Waals surface area contributed by atoms with Crippen molar-refractivity contribution in [3.05, 3.63) is 71.7 Å². The lowest BCUT2D eigenvalue weighted by Crippen LogP contribution is -2.49. The van der Waals surface area contributed by atoms with Gasteiger partial charge in [0, 0.05) is 31.7 Å². The third-order valence-corrected chi connectivity index (χ3v) is 6.20. The normalized spacial score (nSPS) is 17.8. The number of pyridine rings is 1. The molecule has 2 aliphatic heterocycles. The van der Waals surface area contributed by atoms with Crippen molar-refractivity contribution in [2.45, 2.75) is 44.7 Å². The molecular formula is C23H26FN5. The minimum Gasteiger partial charge on any atom is -0.371 e. The predicted molar refractivity (Wildman–Crippen MR) is 112 cm³/mol. The number of imidazole rings is 1. The van der Waals surface area contributed by atoms with Crippen LogP contribution in [-0.4, -0.2) is 32.5 Å². The Labute approximate surface area is 170 Å². The minimum atomic E-state index is -0.181. The monoisotopic (exact) mass is 391 g/mol. The second kappa shape index (κ2) is 6.95. The molecule has 150 valence electrons. The van der Waals surface area contributed by atoms with Gasteiger partial charge < -0.3 is 5.32 Å². The van der Waals surface area contributed by atoms with Gasteiger partial charge >= 0.3 is 0 Å². The summed E-state index contributed by atoms with van der Waals surface area (Å²) in [6.07, 6.45) is 5.87. The molecule has 1 N–H and O–H groups in total. The maximum absolute atomic E-state index is 13.2. The molecule has 0 bridgehead atoms. The van der Waals surface area contributed by atoms with Gasteiger partial charge in [-0.25, -0.2) is 14.4 Å². The van der Waals surface area contributed by atoms with Crippen LogP contribution in [0.2, 0.25) is 0 Å². The summed E-state index contributed by atoms with van der Waals surface area (Å²) < 4.78 is 15.5. The van der Waals surface area contributed by atoms with Gasteiger partial charge in [0.25, 0.3) is 0 Å². The van der Waals surface area contributed by atoms with E-state index >= 15 is 0 Å². The molecule has 0 atom stereocenters. The van der Waals surface area contributed by atoms with Crippen LogP contribution >= 0.6 is 0 Å². The van der Waals surface area contributed by atoms with E-state index in [2.05, 4.69) is 39.7 Å². The van der Waals surface area contributed by atoms with E-state index in [0.29, 0.717) is 5.92 Å². The van der Waals surface area contributed by atoms with E-state index in [1.807, 2.05) is 30.6 Å². The Morgan fingerprint density at radius 3 is 2.59 bits per heavy atom. The van der Waals surface area contributed by atoms with Gasteiger partial charge in [-0.05, 0) is 42.7 Å². The molecular weight excluding hydrogens is 365 g/mol. The first-order chi connectivity index (χ1) is 14.1. The molecule has 4 heterocycles. The van der Waals surface area contributed by atoms with E-state index in [4.69, 9.17) is 4.98 Å². The van der Waals surface area contributed by atoms with Crippen molar-refractivity contribution in [1.82, 2.24) is 19.4 Å². The highest BCUT2D eigenvalue weighted by Gasteiger charge is 2.43. The van der Waals surface area contributed by atoms with Crippen molar-refractivity contribution < 1.29 is 4.39 Å². The van der Waals surface area contributed by atoms with Gasteiger partial charge in [-0.1, -0.05) is 26.0 Å². The number of nitrogens with zero attached hydrogens (tertiary/aromatic N) is 4. The Kier molecular flexibility index (Phi) is 4.39. The van der Waals surface area contributed by atoms with E-state index in [-0.39, 0.29) is 11.4 Å². The highest BCUT2D eigenvalue weighted by atomic mass is 19.1. The summed E-state index contributed by atoms with van der Waals surface area (Å²) in [4.78, 5) is 11.9. The van der Waals surface area contributed by atoms with Crippen LogP contribution in [0.3, 0.4) is 0 Å². The standard InChI is InChI=1S/C23H26FN5/c1-16(2)21-26-14-20-23(27-19-4-3-11-25-22(19)29(20)21)9-12-28(13-10-23)15-17-5-7-18(24)8-6-17/h3-8,11,14,16,27H,9-10,12-13,15H2,1-2H3. The van der Waals surface area contributed by atoms with Crippen LogP contribution in [0, 0.1) is 5.82 Å². The zero-order valence-corrected chi connectivity index (χ0v) is 16.9. The SMILES string of the molecule is CC(C)c1ncc2n1-c1ncccc1NC21CCN(Cc2ccc(F)cc2)CC1. The summed E-state index contributed by atoms with van der Waals surface area (Å²) in [5.74, 6) is 2.16. The van der Waals surface area contributed by atoms with Crippen molar-refractivity contribution in [3.63, 3.8) is 0 Å². The molecule has 0 aliphatic carbocycles. The average Bonchev–Trinajstić information content (AvgIpc) is 3.19. The summed E-state index contributed by atoms with van der Waals surface area (Å²) in [5.41, 5.74) is 3.32. The van der Waals surface area contributed by atoms with Crippen molar-refractivity contribution in [2.24, 2.45) is 0 Å². The highest BCUT2D eigenvalue weighted by molar-refractivity contribution is 5.63. The number of fused-ring (bicyclic) bond motifs is 4. The van der Waals surface area contributed by atoms with Crippen LogP contribution in [0.5, 0.6) is 0 Å². The third kappa shape index (κ3) is 3.12. The summed E-state index contributed by atoms with van der Waals surface area (Å²) in [7, 11) is 0. The number of benzene rings is 1. The molecule has 1 fully saturated rings. The molecule has 2 aliphatic rings. The molecule has 2 aromatic heterocycles. The van der Waals surface area contributed by atoms with Crippen molar-refractivity contribution in [3.8, 4) is 5.82 Å². The van der Waals surface area contributed by atoms with Gasteiger partial charge in [0.2, 0.25) is 0 Å². The fourth-order valence-electron chi connectivity index (χ4n) is 4.65. The van der Waals surface area contributed by atoms with Crippen LogP contribution in [0.25, 0.3) is 5.82 Å². The zero-order chi connectivity index (χ0) is 20.0. The number of hydrogen-bond donors (Lipinski definition) is 1. The number of hydrogen-bond acceptors (Lipinski definition) is 4. The Hall–Kier alpha value is -2.73. The largest absolute Gasteiger partial charge is 0.371 e. The Morgan fingerprint density at radius 2 is 1.86 bits per heavy atom. The van der Waals surface area contributed by atoms with Crippen molar-refractivity contribution >= 4 is 5.69 Å². The van der Waals surface area contributed by atoms with E-state index < -0.39 is 0 Å². The highest BCUT2D eigenvalue weighted by Crippen LogP contribution is 2.44. The third-order valence-electron chi connectivity index (χ3n) is 6.20. The molecule has 6 heteroatoms. The van der Waals surface area contributed by atoms with Gasteiger partial charge in [0.05, 0.1) is 23.1 Å². The van der Waals surface area contributed by atoms with Crippen LogP contribution in [0.4, 0.5) is 10.1 Å². The smallest absolute Gasteiger partial charge is 0.161 e. The molecule has 1 aromatic carbocycles. The van der Waals surface area contributed by atoms with Crippen LogP contribution in [0.1, 0.15) is 49.7 Å². The number of piperidine rings is 1. The lowest BCUT2D eigenvalue weighted by atomic mass is 9.82. The second-order valence-electron chi connectivity index (χ2n) is 8.48. The van der Waals surface area contributed by atoms with E-state index in [1.165, 1.54) is 5.69 Å². The molecule has 1 spiro atoms. The quantitative estimate of drug-likeness (QED) is 0.717.